The Labute approximate surface area is 157 Å². The minimum Gasteiger partial charge on any atom is -0.312 e. The van der Waals surface area contributed by atoms with Gasteiger partial charge in [0.15, 0.2) is 0 Å². The van der Waals surface area contributed by atoms with Crippen molar-refractivity contribution in [2.75, 3.05) is 18.4 Å². The Morgan fingerprint density at radius 3 is 2.69 bits per heavy atom. The van der Waals surface area contributed by atoms with Crippen LogP contribution < -0.4 is 5.32 Å². The Kier molecular flexibility index (Phi) is 5.41. The lowest BCUT2D eigenvalue weighted by atomic mass is 10.0. The summed E-state index contributed by atoms with van der Waals surface area (Å²) in [6.07, 6.45) is 1.90. The van der Waals surface area contributed by atoms with Crippen molar-refractivity contribution in [3.8, 4) is 6.07 Å². The first-order valence-electron chi connectivity index (χ1n) is 8.31. The van der Waals surface area contributed by atoms with E-state index in [1.165, 1.54) is 39.9 Å². The van der Waals surface area contributed by atoms with Crippen molar-refractivity contribution in [2.45, 2.75) is 24.7 Å². The van der Waals surface area contributed by atoms with Crippen molar-refractivity contribution < 1.29 is 13.2 Å². The summed E-state index contributed by atoms with van der Waals surface area (Å²) in [5.41, 5.74) is 0.745. The van der Waals surface area contributed by atoms with E-state index in [1.807, 2.05) is 6.07 Å². The normalized spacial score (nSPS) is 18.2. The number of nitrogens with zero attached hydrogens (tertiary/aromatic N) is 2. The molecule has 1 unspecified atom stereocenters. The Morgan fingerprint density at radius 2 is 2.04 bits per heavy atom. The van der Waals surface area contributed by atoms with Gasteiger partial charge in [-0.1, -0.05) is 6.92 Å². The minimum absolute atomic E-state index is 0.192. The fraction of sp³-hybridized carbons (Fsp3) is 0.333. The van der Waals surface area contributed by atoms with E-state index in [-0.39, 0.29) is 10.8 Å². The lowest BCUT2D eigenvalue weighted by Crippen LogP contribution is -2.39. The standard InChI is InChI=1S/C18H19N3O3S2/c1-13-3-2-9-21(12-13)26(23,24)16-6-4-14(5-7-16)17(22)20-18-15(11-19)8-10-25-18/h4-8,10,13H,2-3,9,12H2,1H3,(H,20,22). The molecule has 0 aliphatic carbocycles. The second-order valence-corrected chi connectivity index (χ2v) is 9.22. The molecular weight excluding hydrogens is 370 g/mol. The fourth-order valence-electron chi connectivity index (χ4n) is 2.96. The van der Waals surface area contributed by atoms with Crippen LogP contribution in [0, 0.1) is 17.2 Å². The van der Waals surface area contributed by atoms with Gasteiger partial charge in [-0.15, -0.1) is 11.3 Å². The molecule has 1 atom stereocenters. The Balaban J connectivity index is 1.75. The average Bonchev–Trinajstić information content (AvgIpc) is 3.09. The van der Waals surface area contributed by atoms with Gasteiger partial charge in [-0.2, -0.15) is 9.57 Å². The van der Waals surface area contributed by atoms with Gasteiger partial charge in [0.1, 0.15) is 11.1 Å². The van der Waals surface area contributed by atoms with Crippen molar-refractivity contribution >= 4 is 32.3 Å². The molecule has 1 fully saturated rings. The van der Waals surface area contributed by atoms with E-state index >= 15 is 0 Å². The monoisotopic (exact) mass is 389 g/mol. The maximum absolute atomic E-state index is 12.7. The van der Waals surface area contributed by atoms with Gasteiger partial charge in [-0.05, 0) is 54.5 Å². The number of hydrogen-bond acceptors (Lipinski definition) is 5. The Morgan fingerprint density at radius 1 is 1.31 bits per heavy atom. The van der Waals surface area contributed by atoms with Crippen molar-refractivity contribution in [3.05, 3.63) is 46.8 Å². The van der Waals surface area contributed by atoms with Gasteiger partial charge in [-0.3, -0.25) is 4.79 Å². The number of carbonyl (C=O) groups is 1. The second kappa shape index (κ2) is 7.58. The quantitative estimate of drug-likeness (QED) is 0.869. The zero-order chi connectivity index (χ0) is 18.7. The van der Waals surface area contributed by atoms with Crippen LogP contribution in [0.4, 0.5) is 5.00 Å². The molecule has 1 aliphatic rings. The molecule has 1 saturated heterocycles. The van der Waals surface area contributed by atoms with E-state index < -0.39 is 10.0 Å². The number of nitriles is 1. The number of sulfonamides is 1. The summed E-state index contributed by atoms with van der Waals surface area (Å²) in [4.78, 5) is 12.5. The molecule has 2 heterocycles. The van der Waals surface area contributed by atoms with Gasteiger partial charge >= 0.3 is 0 Å². The highest BCUT2D eigenvalue weighted by atomic mass is 32.2. The third kappa shape index (κ3) is 3.80. The molecular formula is C18H19N3O3S2. The molecule has 26 heavy (non-hydrogen) atoms. The van der Waals surface area contributed by atoms with Gasteiger partial charge < -0.3 is 5.32 Å². The fourth-order valence-corrected chi connectivity index (χ4v) is 5.29. The maximum atomic E-state index is 12.7. The molecule has 8 heteroatoms. The molecule has 2 aromatic rings. The van der Waals surface area contributed by atoms with Gasteiger partial charge in [0.25, 0.3) is 5.91 Å². The lowest BCUT2D eigenvalue weighted by molar-refractivity contribution is 0.102. The van der Waals surface area contributed by atoms with Gasteiger partial charge in [0.05, 0.1) is 10.5 Å². The summed E-state index contributed by atoms with van der Waals surface area (Å²) < 4.78 is 27.0. The number of rotatable bonds is 4. The molecule has 3 rings (SSSR count). The number of thiophene rings is 1. The molecule has 1 aromatic carbocycles. The van der Waals surface area contributed by atoms with Crippen molar-refractivity contribution in [2.24, 2.45) is 5.92 Å². The van der Waals surface area contributed by atoms with Crippen LogP contribution in [0.5, 0.6) is 0 Å². The number of anilines is 1. The second-order valence-electron chi connectivity index (χ2n) is 6.36. The molecule has 0 radical (unpaired) electrons. The molecule has 1 aliphatic heterocycles. The summed E-state index contributed by atoms with van der Waals surface area (Å²) in [6, 6.07) is 9.56. The van der Waals surface area contributed by atoms with E-state index in [2.05, 4.69) is 12.2 Å². The zero-order valence-electron chi connectivity index (χ0n) is 14.3. The summed E-state index contributed by atoms with van der Waals surface area (Å²) in [5.74, 6) is -0.0248. The van der Waals surface area contributed by atoms with Crippen molar-refractivity contribution in [1.82, 2.24) is 4.31 Å². The highest BCUT2D eigenvalue weighted by molar-refractivity contribution is 7.89. The average molecular weight is 390 g/mol. The molecule has 136 valence electrons. The van der Waals surface area contributed by atoms with E-state index in [0.717, 1.165) is 12.8 Å². The Bertz CT molecular complexity index is 943. The number of piperidine rings is 1. The predicted molar refractivity (Wildman–Crippen MR) is 101 cm³/mol. The van der Waals surface area contributed by atoms with Crippen LogP contribution in [-0.2, 0) is 10.0 Å². The maximum Gasteiger partial charge on any atom is 0.256 e. The van der Waals surface area contributed by atoms with Gasteiger partial charge in [0, 0.05) is 18.7 Å². The highest BCUT2D eigenvalue weighted by Gasteiger charge is 2.28. The predicted octanol–water partition coefficient (Wildman–Crippen LogP) is 3.29. The largest absolute Gasteiger partial charge is 0.312 e. The first-order valence-corrected chi connectivity index (χ1v) is 10.6. The molecule has 0 saturated carbocycles. The van der Waals surface area contributed by atoms with Gasteiger partial charge in [0.2, 0.25) is 10.0 Å². The van der Waals surface area contributed by atoms with E-state index in [1.54, 1.807) is 11.4 Å². The molecule has 1 amide bonds. The SMILES string of the molecule is CC1CCCN(S(=O)(=O)c2ccc(C(=O)Nc3sccc3C#N)cc2)C1. The summed E-state index contributed by atoms with van der Waals surface area (Å²) >= 11 is 1.27. The van der Waals surface area contributed by atoms with Crippen LogP contribution in [0.3, 0.4) is 0 Å². The molecule has 1 aromatic heterocycles. The number of nitrogens with one attached hydrogen (secondary N) is 1. The first-order chi connectivity index (χ1) is 12.4. The summed E-state index contributed by atoms with van der Waals surface area (Å²) in [7, 11) is -3.54. The van der Waals surface area contributed by atoms with E-state index in [0.29, 0.717) is 35.1 Å². The number of carbonyl (C=O) groups excluding carboxylic acids is 1. The lowest BCUT2D eigenvalue weighted by Gasteiger charge is -2.30. The summed E-state index contributed by atoms with van der Waals surface area (Å²) in [5, 5.41) is 13.9. The zero-order valence-corrected chi connectivity index (χ0v) is 15.9. The molecule has 0 spiro atoms. The molecule has 1 N–H and O–H groups in total. The van der Waals surface area contributed by atoms with Crippen LogP contribution in [0.25, 0.3) is 0 Å². The van der Waals surface area contributed by atoms with E-state index in [4.69, 9.17) is 5.26 Å². The number of benzene rings is 1. The summed E-state index contributed by atoms with van der Waals surface area (Å²) in [6.45, 7) is 3.11. The van der Waals surface area contributed by atoms with Crippen LogP contribution in [0.1, 0.15) is 35.7 Å². The van der Waals surface area contributed by atoms with E-state index in [9.17, 15) is 13.2 Å². The smallest absolute Gasteiger partial charge is 0.256 e. The van der Waals surface area contributed by atoms with Crippen LogP contribution >= 0.6 is 11.3 Å². The van der Waals surface area contributed by atoms with Gasteiger partial charge in [-0.25, -0.2) is 8.42 Å². The first kappa shape index (κ1) is 18.6. The van der Waals surface area contributed by atoms with Crippen LogP contribution in [0.2, 0.25) is 0 Å². The minimum atomic E-state index is -3.54. The number of amides is 1. The van der Waals surface area contributed by atoms with Crippen molar-refractivity contribution in [1.29, 1.82) is 5.26 Å². The van der Waals surface area contributed by atoms with Crippen LogP contribution in [0.15, 0.2) is 40.6 Å². The topological polar surface area (TPSA) is 90.3 Å². The highest BCUT2D eigenvalue weighted by Crippen LogP contribution is 2.25. The third-order valence-corrected chi connectivity index (χ3v) is 7.10. The molecule has 0 bridgehead atoms. The number of hydrogen-bond donors (Lipinski definition) is 1. The Hall–Kier alpha value is -2.21. The van der Waals surface area contributed by atoms with Crippen molar-refractivity contribution in [3.63, 3.8) is 0 Å². The molecule has 6 nitrogen and oxygen atoms in total. The third-order valence-electron chi connectivity index (χ3n) is 4.39. The van der Waals surface area contributed by atoms with Crippen LogP contribution in [-0.4, -0.2) is 31.7 Å².